The number of aliphatic carboxylic acids is 1. The second kappa shape index (κ2) is 6.77. The van der Waals surface area contributed by atoms with Crippen molar-refractivity contribution in [1.29, 1.82) is 0 Å². The van der Waals surface area contributed by atoms with E-state index in [1.165, 1.54) is 13.0 Å². The van der Waals surface area contributed by atoms with Crippen LogP contribution in [0.4, 0.5) is 0 Å². The smallest absolute Gasteiger partial charge is 0.356 e. The average Bonchev–Trinajstić information content (AvgIpc) is 2.14. The zero-order valence-corrected chi connectivity index (χ0v) is 10.1. The second-order valence-corrected chi connectivity index (χ2v) is 4.97. The Kier molecular flexibility index (Phi) is 6.48. The third-order valence-corrected chi connectivity index (χ3v) is 3.84. The normalized spacial score (nSPS) is 12.9. The molecule has 0 amide bonds. The summed E-state index contributed by atoms with van der Waals surface area (Å²) in [6.45, 7) is 5.39. The molecule has 0 spiro atoms. The molecule has 0 aromatic carbocycles. The average molecular weight is 235 g/mol. The van der Waals surface area contributed by atoms with Gasteiger partial charge in [0.15, 0.2) is 0 Å². The van der Waals surface area contributed by atoms with Gasteiger partial charge in [-0.2, -0.15) is 0 Å². The van der Waals surface area contributed by atoms with Gasteiger partial charge in [-0.25, -0.2) is 0 Å². The first-order valence-electron chi connectivity index (χ1n) is 4.72. The van der Waals surface area contributed by atoms with Gasteiger partial charge in [0.05, 0.1) is 13.2 Å². The predicted octanol–water partition coefficient (Wildman–Crippen LogP) is 1.30. The molecule has 0 aromatic rings. The largest absolute Gasteiger partial charge is 0.550 e. The Morgan fingerprint density at radius 3 is 2.13 bits per heavy atom. The van der Waals surface area contributed by atoms with Crippen molar-refractivity contribution in [2.24, 2.45) is 0 Å². The van der Waals surface area contributed by atoms with Crippen LogP contribution in [0.25, 0.3) is 0 Å². The van der Waals surface area contributed by atoms with Crippen LogP contribution < -0.4 is 5.11 Å². The van der Waals surface area contributed by atoms with Crippen molar-refractivity contribution in [2.45, 2.75) is 27.2 Å². The van der Waals surface area contributed by atoms with Crippen LogP contribution in [-0.2, 0) is 18.4 Å². The summed E-state index contributed by atoms with van der Waals surface area (Å²) in [6.07, 6.45) is 0.997. The summed E-state index contributed by atoms with van der Waals surface area (Å²) >= 11 is 0. The lowest BCUT2D eigenvalue weighted by Crippen LogP contribution is -2.20. The first kappa shape index (κ1) is 14.4. The number of carbonyl (C=O) groups excluding carboxylic acids is 1. The van der Waals surface area contributed by atoms with Crippen LogP contribution in [0.1, 0.15) is 27.2 Å². The fraction of sp³-hybridized carbons (Fsp3) is 0.667. The molecule has 6 heteroatoms. The van der Waals surface area contributed by atoms with Crippen molar-refractivity contribution in [3.05, 3.63) is 11.4 Å². The van der Waals surface area contributed by atoms with Gasteiger partial charge in [-0.05, 0) is 20.8 Å². The minimum atomic E-state index is -3.30. The number of carbonyl (C=O) groups is 1. The van der Waals surface area contributed by atoms with Gasteiger partial charge in [-0.3, -0.25) is 4.57 Å². The first-order valence-corrected chi connectivity index (χ1v) is 6.26. The van der Waals surface area contributed by atoms with Gasteiger partial charge in [0.25, 0.3) is 0 Å². The molecule has 88 valence electrons. The quantitative estimate of drug-likeness (QED) is 0.621. The van der Waals surface area contributed by atoms with Crippen molar-refractivity contribution in [1.82, 2.24) is 0 Å². The van der Waals surface area contributed by atoms with Gasteiger partial charge in [-0.1, -0.05) is 6.08 Å². The van der Waals surface area contributed by atoms with E-state index in [4.69, 9.17) is 9.05 Å². The van der Waals surface area contributed by atoms with Crippen LogP contribution in [-0.4, -0.2) is 19.2 Å². The van der Waals surface area contributed by atoms with Crippen LogP contribution in [0.15, 0.2) is 11.4 Å². The minimum Gasteiger partial charge on any atom is -0.550 e. The van der Waals surface area contributed by atoms with E-state index in [0.29, 0.717) is 5.31 Å². The molecule has 0 N–H and O–H groups in total. The molecule has 5 nitrogen and oxygen atoms in total. The molecule has 0 aliphatic heterocycles. The van der Waals surface area contributed by atoms with Crippen LogP contribution in [0.5, 0.6) is 0 Å². The third kappa shape index (κ3) is 5.11. The second-order valence-electron chi connectivity index (χ2n) is 2.75. The maximum atomic E-state index is 12.0. The van der Waals surface area contributed by atoms with Gasteiger partial charge in [0.1, 0.15) is 0 Å². The van der Waals surface area contributed by atoms with E-state index in [1.807, 2.05) is 0 Å². The van der Waals surface area contributed by atoms with E-state index < -0.39 is 13.6 Å². The highest BCUT2D eigenvalue weighted by molar-refractivity contribution is 7.58. The van der Waals surface area contributed by atoms with Gasteiger partial charge in [-0.15, -0.1) is 0 Å². The molecule has 0 unspecified atom stereocenters. The summed E-state index contributed by atoms with van der Waals surface area (Å²) in [5.41, 5.74) is 0. The molecule has 0 fully saturated rings. The Hall–Kier alpha value is -0.640. The zero-order chi connectivity index (χ0) is 11.9. The molecule has 0 atom stereocenters. The van der Waals surface area contributed by atoms with Crippen LogP contribution in [0.2, 0.25) is 0 Å². The number of hydrogen-bond acceptors (Lipinski definition) is 5. The van der Waals surface area contributed by atoms with Crippen molar-refractivity contribution >= 4 is 13.6 Å². The highest BCUT2D eigenvalue weighted by Gasteiger charge is 2.25. The highest BCUT2D eigenvalue weighted by Crippen LogP contribution is 2.55. The van der Waals surface area contributed by atoms with Crippen LogP contribution in [0.3, 0.4) is 0 Å². The Morgan fingerprint density at radius 2 is 1.80 bits per heavy atom. The molecular formula is C9H16O5P-. The molecule has 15 heavy (non-hydrogen) atoms. The van der Waals surface area contributed by atoms with Crippen molar-refractivity contribution in [2.75, 3.05) is 13.2 Å². The maximum Gasteiger partial charge on any atom is 0.356 e. The first-order chi connectivity index (χ1) is 6.96. The lowest BCUT2D eigenvalue weighted by atomic mass is 10.4. The lowest BCUT2D eigenvalue weighted by Gasteiger charge is -2.17. The molecule has 0 saturated heterocycles. The molecule has 0 aliphatic rings. The summed E-state index contributed by atoms with van der Waals surface area (Å²) < 4.78 is 22.0. The fourth-order valence-corrected chi connectivity index (χ4v) is 2.40. The number of hydrogen-bond donors (Lipinski definition) is 0. The molecular weight excluding hydrogens is 219 g/mol. The third-order valence-electron chi connectivity index (χ3n) is 1.59. The van der Waals surface area contributed by atoms with Crippen molar-refractivity contribution < 1.29 is 23.5 Å². The van der Waals surface area contributed by atoms with Gasteiger partial charge in [0, 0.05) is 17.7 Å². The summed E-state index contributed by atoms with van der Waals surface area (Å²) in [5.74, 6) is -1.23. The molecule has 0 saturated carbocycles. The van der Waals surface area contributed by atoms with Crippen molar-refractivity contribution in [3.63, 3.8) is 0 Å². The number of rotatable bonds is 7. The monoisotopic (exact) mass is 235 g/mol. The molecule has 0 bridgehead atoms. The lowest BCUT2D eigenvalue weighted by molar-refractivity contribution is -0.304. The van der Waals surface area contributed by atoms with E-state index >= 15 is 0 Å². The van der Waals surface area contributed by atoms with Gasteiger partial charge in [0.2, 0.25) is 0 Å². The van der Waals surface area contributed by atoms with Crippen molar-refractivity contribution in [3.8, 4) is 0 Å². The topological polar surface area (TPSA) is 75.7 Å². The molecule has 0 radical (unpaired) electrons. The molecule has 0 aliphatic carbocycles. The van der Waals surface area contributed by atoms with Gasteiger partial charge < -0.3 is 18.9 Å². The number of carboxylic acids is 1. The molecule has 0 aromatic heterocycles. The molecule has 0 heterocycles. The number of carboxylic acid groups (broad SMARTS) is 1. The van der Waals surface area contributed by atoms with Gasteiger partial charge >= 0.3 is 7.60 Å². The number of allylic oxidation sites excluding steroid dienone is 1. The fourth-order valence-electron chi connectivity index (χ4n) is 0.924. The zero-order valence-electron chi connectivity index (χ0n) is 9.19. The summed E-state index contributed by atoms with van der Waals surface area (Å²) in [7, 11) is -3.30. The van der Waals surface area contributed by atoms with E-state index in [0.717, 1.165) is 0 Å². The van der Waals surface area contributed by atoms with E-state index in [9.17, 15) is 14.5 Å². The highest BCUT2D eigenvalue weighted by atomic mass is 31.2. The Morgan fingerprint density at radius 1 is 1.33 bits per heavy atom. The molecule has 0 rings (SSSR count). The Balaban J connectivity index is 4.68. The van der Waals surface area contributed by atoms with Crippen LogP contribution in [0, 0.1) is 0 Å². The van der Waals surface area contributed by atoms with E-state index in [2.05, 4.69) is 0 Å². The van der Waals surface area contributed by atoms with Crippen LogP contribution >= 0.6 is 7.60 Å². The Labute approximate surface area is 89.6 Å². The minimum absolute atomic E-state index is 0.244. The predicted molar refractivity (Wildman–Crippen MR) is 54.2 cm³/mol. The summed E-state index contributed by atoms with van der Waals surface area (Å²) in [4.78, 5) is 10.2. The summed E-state index contributed by atoms with van der Waals surface area (Å²) in [5, 5.41) is 10.5. The van der Waals surface area contributed by atoms with E-state index in [1.54, 1.807) is 13.8 Å². The maximum absolute atomic E-state index is 12.0. The standard InChI is InChI=1S/C9H17O5P/c1-4-13-15(12,14-5-2)8(3)6-7-9(10)11/h6H,4-5,7H2,1-3H3,(H,10,11)/p-1/b8-6+. The summed E-state index contributed by atoms with van der Waals surface area (Å²) in [6, 6.07) is 0. The Bertz CT molecular complexity index is 274. The SMILES string of the molecule is CCOP(=O)(OCC)/C(C)=C/CC(=O)[O-]. The van der Waals surface area contributed by atoms with E-state index in [-0.39, 0.29) is 19.6 Å².